The van der Waals surface area contributed by atoms with Crippen molar-refractivity contribution < 1.29 is 22.6 Å². The van der Waals surface area contributed by atoms with Crippen molar-refractivity contribution in [3.05, 3.63) is 17.3 Å². The number of likely N-dealkylation sites (tertiary alicyclic amines) is 1. The van der Waals surface area contributed by atoms with E-state index in [2.05, 4.69) is 15.2 Å². The summed E-state index contributed by atoms with van der Waals surface area (Å²) in [5.74, 6) is 0.0514. The Morgan fingerprint density at radius 1 is 1.31 bits per heavy atom. The molecular weight excluding hydrogens is 418 g/mol. The Labute approximate surface area is 175 Å². The topological polar surface area (TPSA) is 90.0 Å². The molecule has 1 aromatic rings. The normalized spacial score (nSPS) is 30.8. The molecule has 2 unspecified atom stereocenters. The minimum atomic E-state index is -3.86. The van der Waals surface area contributed by atoms with E-state index < -0.39 is 20.9 Å². The smallest absolute Gasteiger partial charge is 0.232 e. The predicted octanol–water partition coefficient (Wildman–Crippen LogP) is 1.09. The second-order valence-corrected chi connectivity index (χ2v) is 11.2. The maximum Gasteiger partial charge on any atom is 0.232 e. The lowest BCUT2D eigenvalue weighted by atomic mass is 9.76. The molecule has 4 aliphatic heterocycles. The summed E-state index contributed by atoms with van der Waals surface area (Å²) in [6, 6.07) is 1.21. The van der Waals surface area contributed by atoms with Gasteiger partial charge in [0.05, 0.1) is 37.0 Å². The molecule has 0 radical (unpaired) electrons. The summed E-state index contributed by atoms with van der Waals surface area (Å²) in [5, 5.41) is 3.60. The summed E-state index contributed by atoms with van der Waals surface area (Å²) in [4.78, 5) is 6.31. The summed E-state index contributed by atoms with van der Waals surface area (Å²) in [7, 11) is -2.45. The summed E-state index contributed by atoms with van der Waals surface area (Å²) < 4.78 is 44.5. The van der Waals surface area contributed by atoms with E-state index >= 15 is 0 Å². The number of rotatable bonds is 4. The van der Waals surface area contributed by atoms with Crippen LogP contribution in [0.1, 0.15) is 19.3 Å². The van der Waals surface area contributed by atoms with Gasteiger partial charge in [-0.3, -0.25) is 4.90 Å². The van der Waals surface area contributed by atoms with Crippen LogP contribution in [0.4, 0.5) is 0 Å². The molecule has 8 nitrogen and oxygen atoms in total. The van der Waals surface area contributed by atoms with Gasteiger partial charge in [0, 0.05) is 24.7 Å². The largest absolute Gasteiger partial charge is 0.480 e. The molecule has 4 aliphatic rings. The summed E-state index contributed by atoms with van der Waals surface area (Å²) >= 11 is 6.07. The number of pyridine rings is 1. The van der Waals surface area contributed by atoms with Crippen LogP contribution in [0.25, 0.3) is 0 Å². The third kappa shape index (κ3) is 3.26. The molecular formula is C19H26ClN3O5S. The Morgan fingerprint density at radius 2 is 2.03 bits per heavy atom. The Balaban J connectivity index is 1.49. The van der Waals surface area contributed by atoms with Gasteiger partial charge in [-0.25, -0.2) is 13.4 Å². The SMILES string of the molecule is COc1ncc(Cl)cc1S(=O)(=O)C1OC2(CCNCC2)CC1N1CC2(COC2)C1. The first-order valence-electron chi connectivity index (χ1n) is 10.0. The monoisotopic (exact) mass is 443 g/mol. The molecule has 2 atom stereocenters. The van der Waals surface area contributed by atoms with Gasteiger partial charge in [0.1, 0.15) is 4.90 Å². The minimum Gasteiger partial charge on any atom is -0.480 e. The Morgan fingerprint density at radius 3 is 2.66 bits per heavy atom. The van der Waals surface area contributed by atoms with Crippen LogP contribution >= 0.6 is 11.6 Å². The first kappa shape index (κ1) is 20.0. The summed E-state index contributed by atoms with van der Waals surface area (Å²) in [5.41, 5.74) is -1.17. The number of piperidine rings is 1. The molecule has 4 saturated heterocycles. The van der Waals surface area contributed by atoms with Gasteiger partial charge in [-0.15, -0.1) is 0 Å². The van der Waals surface area contributed by atoms with E-state index in [-0.39, 0.29) is 27.3 Å². The Kier molecular flexibility index (Phi) is 4.84. The number of sulfone groups is 1. The van der Waals surface area contributed by atoms with E-state index in [0.717, 1.165) is 52.2 Å². The Hall–Kier alpha value is -0.970. The number of halogens is 1. The molecule has 0 bridgehead atoms. The number of nitrogens with zero attached hydrogens (tertiary/aromatic N) is 2. The van der Waals surface area contributed by atoms with Crippen molar-refractivity contribution in [2.45, 2.75) is 41.2 Å². The van der Waals surface area contributed by atoms with Crippen LogP contribution in [-0.4, -0.2) is 81.9 Å². The highest BCUT2D eigenvalue weighted by atomic mass is 35.5. The zero-order chi connectivity index (χ0) is 20.3. The van der Waals surface area contributed by atoms with Crippen LogP contribution < -0.4 is 10.1 Å². The first-order chi connectivity index (χ1) is 13.9. The van der Waals surface area contributed by atoms with E-state index in [9.17, 15) is 8.42 Å². The molecule has 0 aliphatic carbocycles. The number of aromatic nitrogens is 1. The molecule has 5 heterocycles. The highest BCUT2D eigenvalue weighted by Gasteiger charge is 2.59. The second-order valence-electron chi connectivity index (χ2n) is 8.79. The van der Waals surface area contributed by atoms with Gasteiger partial charge < -0.3 is 19.5 Å². The summed E-state index contributed by atoms with van der Waals surface area (Å²) in [6.45, 7) is 4.89. The molecule has 0 saturated carbocycles. The standard InChI is InChI=1S/C19H26ClN3O5S/c1-26-16-15(6-13(20)8-22-16)29(24,25)17-14(23-9-18(10-23)11-27-12-18)7-19(28-17)2-4-21-5-3-19/h6,8,14,17,21H,2-5,7,9-12H2,1H3. The van der Waals surface area contributed by atoms with Crippen LogP contribution in [0.3, 0.4) is 0 Å². The molecule has 29 heavy (non-hydrogen) atoms. The zero-order valence-corrected chi connectivity index (χ0v) is 18.0. The van der Waals surface area contributed by atoms with Crippen molar-refractivity contribution in [3.8, 4) is 5.88 Å². The highest BCUT2D eigenvalue weighted by molar-refractivity contribution is 7.92. The van der Waals surface area contributed by atoms with Gasteiger partial charge in [0.15, 0.2) is 5.44 Å². The second kappa shape index (κ2) is 7.03. The van der Waals surface area contributed by atoms with E-state index in [4.69, 9.17) is 25.8 Å². The molecule has 0 amide bonds. The lowest BCUT2D eigenvalue weighted by Crippen LogP contribution is -2.69. The van der Waals surface area contributed by atoms with Gasteiger partial charge in [0.25, 0.3) is 0 Å². The van der Waals surface area contributed by atoms with Crippen molar-refractivity contribution >= 4 is 21.4 Å². The lowest BCUT2D eigenvalue weighted by Gasteiger charge is -2.57. The van der Waals surface area contributed by atoms with Gasteiger partial charge in [-0.2, -0.15) is 0 Å². The van der Waals surface area contributed by atoms with Gasteiger partial charge >= 0.3 is 0 Å². The van der Waals surface area contributed by atoms with E-state index in [1.54, 1.807) is 0 Å². The van der Waals surface area contributed by atoms with Gasteiger partial charge in [-0.05, 0) is 38.4 Å². The van der Waals surface area contributed by atoms with Crippen LogP contribution in [0, 0.1) is 5.41 Å². The number of methoxy groups -OCH3 is 1. The average Bonchev–Trinajstić information content (AvgIpc) is 2.99. The predicted molar refractivity (Wildman–Crippen MR) is 106 cm³/mol. The maximum absolute atomic E-state index is 13.7. The molecule has 1 aromatic heterocycles. The molecule has 160 valence electrons. The van der Waals surface area contributed by atoms with Crippen LogP contribution in [0.5, 0.6) is 5.88 Å². The zero-order valence-electron chi connectivity index (χ0n) is 16.4. The van der Waals surface area contributed by atoms with Crippen molar-refractivity contribution in [2.75, 3.05) is 46.5 Å². The minimum absolute atomic E-state index is 0.00398. The lowest BCUT2D eigenvalue weighted by molar-refractivity contribution is -0.199. The molecule has 1 N–H and O–H groups in total. The summed E-state index contributed by atoms with van der Waals surface area (Å²) in [6.07, 6.45) is 3.72. The average molecular weight is 444 g/mol. The quantitative estimate of drug-likeness (QED) is 0.739. The molecule has 10 heteroatoms. The maximum atomic E-state index is 13.7. The van der Waals surface area contributed by atoms with Crippen LogP contribution in [-0.2, 0) is 19.3 Å². The molecule has 2 spiro atoms. The fourth-order valence-electron chi connectivity index (χ4n) is 5.14. The molecule has 4 fully saturated rings. The number of ether oxygens (including phenoxy) is 3. The van der Waals surface area contributed by atoms with Crippen LogP contribution in [0.2, 0.25) is 5.02 Å². The highest BCUT2D eigenvalue weighted by Crippen LogP contribution is 2.48. The third-order valence-electron chi connectivity index (χ3n) is 6.73. The van der Waals surface area contributed by atoms with Crippen molar-refractivity contribution in [3.63, 3.8) is 0 Å². The Bertz CT molecular complexity index is 893. The first-order valence-corrected chi connectivity index (χ1v) is 11.9. The van der Waals surface area contributed by atoms with Crippen molar-refractivity contribution in [2.24, 2.45) is 5.41 Å². The van der Waals surface area contributed by atoms with E-state index in [1.165, 1.54) is 19.4 Å². The van der Waals surface area contributed by atoms with Gasteiger partial charge in [0.2, 0.25) is 15.7 Å². The van der Waals surface area contributed by atoms with Crippen LogP contribution in [0.15, 0.2) is 17.2 Å². The number of hydrogen-bond acceptors (Lipinski definition) is 8. The number of hydrogen-bond donors (Lipinski definition) is 1. The number of nitrogens with one attached hydrogen (secondary N) is 1. The molecule has 5 rings (SSSR count). The fourth-order valence-corrected chi connectivity index (χ4v) is 7.30. The van der Waals surface area contributed by atoms with E-state index in [1.807, 2.05) is 0 Å². The van der Waals surface area contributed by atoms with E-state index in [0.29, 0.717) is 6.42 Å². The molecule has 0 aromatic carbocycles. The fraction of sp³-hybridized carbons (Fsp3) is 0.737. The van der Waals surface area contributed by atoms with Crippen molar-refractivity contribution in [1.82, 2.24) is 15.2 Å². The van der Waals surface area contributed by atoms with Crippen molar-refractivity contribution in [1.29, 1.82) is 0 Å². The third-order valence-corrected chi connectivity index (χ3v) is 8.86. The van der Waals surface area contributed by atoms with Gasteiger partial charge in [-0.1, -0.05) is 11.6 Å².